The van der Waals surface area contributed by atoms with Gasteiger partial charge in [0.15, 0.2) is 0 Å². The minimum absolute atomic E-state index is 0.0278. The third-order valence-electron chi connectivity index (χ3n) is 5.00. The molecule has 150 valence electrons. The van der Waals surface area contributed by atoms with Gasteiger partial charge in [-0.3, -0.25) is 14.6 Å². The first-order chi connectivity index (χ1) is 13.6. The number of piperazine rings is 1. The monoisotopic (exact) mass is 401 g/mol. The van der Waals surface area contributed by atoms with Gasteiger partial charge in [0.25, 0.3) is 0 Å². The van der Waals surface area contributed by atoms with Crippen molar-refractivity contribution >= 4 is 17.5 Å². The highest BCUT2D eigenvalue weighted by Gasteiger charge is 2.19. The molecule has 0 bridgehead atoms. The number of halogens is 1. The average molecular weight is 402 g/mol. The normalized spacial score (nSPS) is 16.5. The molecule has 1 atom stereocenters. The van der Waals surface area contributed by atoms with Crippen LogP contribution in [0.1, 0.15) is 18.5 Å². The van der Waals surface area contributed by atoms with Gasteiger partial charge in [0, 0.05) is 37.7 Å². The summed E-state index contributed by atoms with van der Waals surface area (Å²) in [5, 5.41) is 3.80. The second-order valence-electron chi connectivity index (χ2n) is 7.12. The lowest BCUT2D eigenvalue weighted by molar-refractivity contribution is -0.123. The Morgan fingerprint density at radius 1 is 1.04 bits per heavy atom. The summed E-state index contributed by atoms with van der Waals surface area (Å²) in [5.41, 5.74) is 1.13. The lowest BCUT2D eigenvalue weighted by Crippen LogP contribution is -2.50. The number of ether oxygens (including phenoxy) is 1. The Bertz CT molecular complexity index is 731. The van der Waals surface area contributed by atoms with Crippen molar-refractivity contribution < 1.29 is 9.53 Å². The van der Waals surface area contributed by atoms with E-state index in [2.05, 4.69) is 15.1 Å². The number of benzene rings is 2. The van der Waals surface area contributed by atoms with Crippen LogP contribution in [-0.4, -0.2) is 61.6 Å². The van der Waals surface area contributed by atoms with E-state index < -0.39 is 0 Å². The minimum Gasteiger partial charge on any atom is -0.492 e. The van der Waals surface area contributed by atoms with Crippen molar-refractivity contribution in [1.29, 1.82) is 0 Å². The lowest BCUT2D eigenvalue weighted by Gasteiger charge is -2.34. The number of rotatable bonds is 8. The summed E-state index contributed by atoms with van der Waals surface area (Å²) in [4.78, 5) is 16.9. The molecular formula is C22H28ClN3O2. The Morgan fingerprint density at radius 3 is 2.36 bits per heavy atom. The van der Waals surface area contributed by atoms with Crippen LogP contribution in [-0.2, 0) is 4.79 Å². The SMILES string of the molecule is C[C@@H](NC(=O)CN1CCN(CCOc2ccc(Cl)cc2)CC1)c1ccccc1. The molecule has 1 saturated heterocycles. The van der Waals surface area contributed by atoms with Gasteiger partial charge in [0.2, 0.25) is 5.91 Å². The van der Waals surface area contributed by atoms with Crippen molar-refractivity contribution in [2.45, 2.75) is 13.0 Å². The average Bonchev–Trinajstić information content (AvgIpc) is 2.71. The third kappa shape index (κ3) is 6.51. The quantitative estimate of drug-likeness (QED) is 0.737. The van der Waals surface area contributed by atoms with Crippen LogP contribution in [0.5, 0.6) is 5.75 Å². The molecule has 0 aromatic heterocycles. The first kappa shape index (κ1) is 20.6. The standard InChI is InChI=1S/C22H28ClN3O2/c1-18(19-5-3-2-4-6-19)24-22(27)17-26-13-11-25(12-14-26)15-16-28-21-9-7-20(23)8-10-21/h2-10,18H,11-17H2,1H3,(H,24,27)/t18-/m1/s1. The maximum atomic E-state index is 12.3. The van der Waals surface area contributed by atoms with E-state index in [0.29, 0.717) is 18.2 Å². The van der Waals surface area contributed by atoms with Gasteiger partial charge in [-0.15, -0.1) is 0 Å². The van der Waals surface area contributed by atoms with Crippen LogP contribution >= 0.6 is 11.6 Å². The van der Waals surface area contributed by atoms with Crippen LogP contribution < -0.4 is 10.1 Å². The second-order valence-corrected chi connectivity index (χ2v) is 7.56. The fourth-order valence-corrected chi connectivity index (χ4v) is 3.44. The van der Waals surface area contributed by atoms with E-state index in [1.807, 2.05) is 61.5 Å². The molecule has 2 aromatic rings. The molecule has 1 amide bonds. The predicted octanol–water partition coefficient (Wildman–Crippen LogP) is 3.21. The van der Waals surface area contributed by atoms with E-state index in [1.165, 1.54) is 0 Å². The van der Waals surface area contributed by atoms with E-state index >= 15 is 0 Å². The lowest BCUT2D eigenvalue weighted by atomic mass is 10.1. The molecule has 0 aliphatic carbocycles. The van der Waals surface area contributed by atoms with E-state index in [-0.39, 0.29) is 11.9 Å². The fraction of sp³-hybridized carbons (Fsp3) is 0.409. The highest BCUT2D eigenvalue weighted by Crippen LogP contribution is 2.15. The van der Waals surface area contributed by atoms with Crippen molar-refractivity contribution in [3.8, 4) is 5.75 Å². The summed E-state index contributed by atoms with van der Waals surface area (Å²) >= 11 is 5.88. The van der Waals surface area contributed by atoms with Gasteiger partial charge in [-0.2, -0.15) is 0 Å². The zero-order valence-corrected chi connectivity index (χ0v) is 17.1. The molecule has 0 saturated carbocycles. The summed E-state index contributed by atoms with van der Waals surface area (Å²) in [5.74, 6) is 0.920. The van der Waals surface area contributed by atoms with Crippen molar-refractivity contribution in [2.24, 2.45) is 0 Å². The van der Waals surface area contributed by atoms with Gasteiger partial charge in [-0.1, -0.05) is 41.9 Å². The Labute approximate surface area is 172 Å². The topological polar surface area (TPSA) is 44.8 Å². The van der Waals surface area contributed by atoms with E-state index in [1.54, 1.807) is 0 Å². The highest BCUT2D eigenvalue weighted by atomic mass is 35.5. The molecule has 1 aliphatic heterocycles. The Balaban J connectivity index is 1.32. The van der Waals surface area contributed by atoms with Crippen LogP contribution in [0.25, 0.3) is 0 Å². The van der Waals surface area contributed by atoms with Crippen molar-refractivity contribution in [3.05, 3.63) is 65.2 Å². The van der Waals surface area contributed by atoms with Crippen LogP contribution in [0, 0.1) is 0 Å². The number of hydrogen-bond donors (Lipinski definition) is 1. The van der Waals surface area contributed by atoms with Gasteiger partial charge >= 0.3 is 0 Å². The van der Waals surface area contributed by atoms with Gasteiger partial charge in [-0.25, -0.2) is 0 Å². The summed E-state index contributed by atoms with van der Waals surface area (Å²) in [6.07, 6.45) is 0. The van der Waals surface area contributed by atoms with Crippen LogP contribution in [0.3, 0.4) is 0 Å². The Kier molecular flexibility index (Phi) is 7.71. The van der Waals surface area contributed by atoms with E-state index in [4.69, 9.17) is 16.3 Å². The maximum absolute atomic E-state index is 12.3. The van der Waals surface area contributed by atoms with Gasteiger partial charge in [-0.05, 0) is 36.8 Å². The zero-order valence-electron chi connectivity index (χ0n) is 16.3. The largest absolute Gasteiger partial charge is 0.492 e. The maximum Gasteiger partial charge on any atom is 0.234 e. The molecule has 1 heterocycles. The van der Waals surface area contributed by atoms with Gasteiger partial charge < -0.3 is 10.1 Å². The number of amides is 1. The number of nitrogens with one attached hydrogen (secondary N) is 1. The first-order valence-corrected chi connectivity index (χ1v) is 10.2. The molecule has 1 N–H and O–H groups in total. The Morgan fingerprint density at radius 2 is 1.68 bits per heavy atom. The molecule has 5 nitrogen and oxygen atoms in total. The number of carbonyl (C=O) groups is 1. The molecule has 6 heteroatoms. The van der Waals surface area contributed by atoms with E-state index in [9.17, 15) is 4.79 Å². The summed E-state index contributed by atoms with van der Waals surface area (Å²) in [7, 11) is 0. The molecule has 0 spiro atoms. The summed E-state index contributed by atoms with van der Waals surface area (Å²) in [6.45, 7) is 7.70. The number of hydrogen-bond acceptors (Lipinski definition) is 4. The molecule has 0 unspecified atom stereocenters. The molecule has 2 aromatic carbocycles. The highest BCUT2D eigenvalue weighted by molar-refractivity contribution is 6.30. The van der Waals surface area contributed by atoms with Gasteiger partial charge in [0.05, 0.1) is 12.6 Å². The number of nitrogens with zero attached hydrogens (tertiary/aromatic N) is 2. The van der Waals surface area contributed by atoms with Crippen LogP contribution in [0.15, 0.2) is 54.6 Å². The van der Waals surface area contributed by atoms with Crippen LogP contribution in [0.2, 0.25) is 5.02 Å². The van der Waals surface area contributed by atoms with Crippen molar-refractivity contribution in [3.63, 3.8) is 0 Å². The first-order valence-electron chi connectivity index (χ1n) is 9.77. The molecule has 1 fully saturated rings. The zero-order chi connectivity index (χ0) is 19.8. The molecule has 0 radical (unpaired) electrons. The summed E-state index contributed by atoms with van der Waals surface area (Å²) in [6, 6.07) is 17.5. The van der Waals surface area contributed by atoms with Crippen LogP contribution in [0.4, 0.5) is 0 Å². The third-order valence-corrected chi connectivity index (χ3v) is 5.25. The molecule has 1 aliphatic rings. The molecular weight excluding hydrogens is 374 g/mol. The molecule has 28 heavy (non-hydrogen) atoms. The fourth-order valence-electron chi connectivity index (χ4n) is 3.31. The smallest absolute Gasteiger partial charge is 0.234 e. The number of carbonyl (C=O) groups excluding carboxylic acids is 1. The second kappa shape index (κ2) is 10.5. The minimum atomic E-state index is 0.0278. The Hall–Kier alpha value is -2.08. The summed E-state index contributed by atoms with van der Waals surface area (Å²) < 4.78 is 5.76. The van der Waals surface area contributed by atoms with Gasteiger partial charge in [0.1, 0.15) is 12.4 Å². The molecule has 3 rings (SSSR count). The predicted molar refractivity (Wildman–Crippen MR) is 113 cm³/mol. The van der Waals surface area contributed by atoms with Crippen molar-refractivity contribution in [1.82, 2.24) is 15.1 Å². The van der Waals surface area contributed by atoms with E-state index in [0.717, 1.165) is 44.0 Å². The van der Waals surface area contributed by atoms with Crippen molar-refractivity contribution in [2.75, 3.05) is 45.9 Å².